The molecular weight excluding hydrogens is 1200 g/mol. The summed E-state index contributed by atoms with van der Waals surface area (Å²) in [5.41, 5.74) is 61.4. The van der Waals surface area contributed by atoms with Crippen molar-refractivity contribution >= 4 is 88.9 Å². The van der Waals surface area contributed by atoms with Crippen LogP contribution in [0.25, 0.3) is 0 Å². The van der Waals surface area contributed by atoms with E-state index in [1.807, 2.05) is 0 Å². The molecular formula is C53H100N24O14. The van der Waals surface area contributed by atoms with Gasteiger partial charge in [-0.2, -0.15) is 0 Å². The zero-order valence-electron chi connectivity index (χ0n) is 51.9. The van der Waals surface area contributed by atoms with Gasteiger partial charge < -0.3 is 126 Å². The molecule has 0 spiro atoms. The van der Waals surface area contributed by atoms with Gasteiger partial charge >= 0.3 is 11.9 Å². The Morgan fingerprint density at radius 1 is 0.451 bits per heavy atom. The third-order valence-electron chi connectivity index (χ3n) is 14.1. The number of likely N-dealkylation sites (tertiary alicyclic amines) is 1. The summed E-state index contributed by atoms with van der Waals surface area (Å²) in [6.45, 7) is 3.05. The average Bonchev–Trinajstić information content (AvgIpc) is 1.84. The highest BCUT2D eigenvalue weighted by Crippen LogP contribution is 2.20. The zero-order chi connectivity index (χ0) is 68.8. The van der Waals surface area contributed by atoms with Crippen LogP contribution in [0, 0.1) is 0 Å². The monoisotopic (exact) mass is 1300 g/mol. The van der Waals surface area contributed by atoms with E-state index in [9.17, 15) is 68.1 Å². The van der Waals surface area contributed by atoms with Crippen molar-refractivity contribution in [3.8, 4) is 0 Å². The number of carboxylic acid groups (broad SMARTS) is 2. The Hall–Kier alpha value is -8.91. The number of carboxylic acids is 2. The van der Waals surface area contributed by atoms with Crippen molar-refractivity contribution in [3.05, 3.63) is 0 Å². The zero-order valence-corrected chi connectivity index (χ0v) is 51.9. The minimum atomic E-state index is -1.66. The number of rotatable bonds is 46. The van der Waals surface area contributed by atoms with E-state index in [0.29, 0.717) is 25.7 Å². The Morgan fingerprint density at radius 3 is 1.07 bits per heavy atom. The number of guanidine groups is 4. The van der Waals surface area contributed by atoms with Gasteiger partial charge in [0.05, 0.1) is 6.10 Å². The molecule has 11 atom stereocenters. The van der Waals surface area contributed by atoms with E-state index in [4.69, 9.17) is 63.1 Å². The van der Waals surface area contributed by atoms with Crippen molar-refractivity contribution in [1.82, 2.24) is 47.4 Å². The van der Waals surface area contributed by atoms with Gasteiger partial charge in [-0.15, -0.1) is 0 Å². The maximum Gasteiger partial charge on any atom is 0.326 e. The number of amides is 9. The standard InChI is InChI=1S/C53H100N24O14/c1-28(69-47(88)37-18-11-27-77(37)48(89)39(56)29(2)78)40(81)70-35(19-20-38(79)80)46(87)75-34(16-9-25-67-52(61)62)44(85)74-33(15-8-24-66-51(59)60)43(84)73-32(14-7-23-65-50(57)58)42(83)71-30(12-3-5-21-54)41(82)72-31(13-4-6-22-55)45(86)76-36(49(90)91)17-10-26-68-53(63)64/h28-37,39,78H,3-27,54-56H2,1-2H3,(H,69,88)(H,70,81)(H,71,83)(H,72,82)(H,73,84)(H,74,85)(H,75,87)(H,76,86)(H,79,80)(H,90,91)(H4,57,58,65)(H4,59,60,66)(H4,61,62,67)(H4,63,64,68)/t28-,29+,30-,31-,32-,33-,34-,35-,36-,37-,39-/m0/s1. The lowest BCUT2D eigenvalue weighted by molar-refractivity contribution is -0.142. The number of nitrogens with one attached hydrogen (secondary N) is 8. The molecule has 1 aliphatic rings. The first kappa shape index (κ1) is 80.1. The first-order valence-corrected chi connectivity index (χ1v) is 30.2. The second kappa shape index (κ2) is 43.7. The summed E-state index contributed by atoms with van der Waals surface area (Å²) >= 11 is 0. The van der Waals surface area contributed by atoms with Crippen LogP contribution in [0.2, 0.25) is 0 Å². The van der Waals surface area contributed by atoms with Crippen LogP contribution in [-0.2, 0) is 52.7 Å². The summed E-state index contributed by atoms with van der Waals surface area (Å²) in [5.74, 6) is -11.9. The van der Waals surface area contributed by atoms with Gasteiger partial charge in [0.1, 0.15) is 60.4 Å². The van der Waals surface area contributed by atoms with Crippen LogP contribution in [0.4, 0.5) is 0 Å². The summed E-state index contributed by atoms with van der Waals surface area (Å²) in [5, 5.41) is 49.8. The lowest BCUT2D eigenvalue weighted by Gasteiger charge is -2.29. The van der Waals surface area contributed by atoms with Crippen LogP contribution in [-0.4, -0.2) is 221 Å². The molecule has 9 amide bonds. The van der Waals surface area contributed by atoms with Gasteiger partial charge in [0.15, 0.2) is 23.8 Å². The number of aliphatic carboxylic acids is 2. The summed E-state index contributed by atoms with van der Waals surface area (Å²) in [4.78, 5) is 167. The van der Waals surface area contributed by atoms with Gasteiger partial charge in [0.25, 0.3) is 0 Å². The molecule has 1 aliphatic heterocycles. The van der Waals surface area contributed by atoms with Crippen molar-refractivity contribution in [2.45, 2.75) is 196 Å². The van der Waals surface area contributed by atoms with Crippen LogP contribution in [0.1, 0.15) is 129 Å². The van der Waals surface area contributed by atoms with Crippen molar-refractivity contribution < 1.29 is 68.1 Å². The number of carbonyl (C=O) groups excluding carboxylic acids is 9. The van der Waals surface area contributed by atoms with Crippen LogP contribution < -0.4 is 106 Å². The third kappa shape index (κ3) is 32.9. The normalized spacial score (nSPS) is 15.9. The molecule has 1 saturated heterocycles. The van der Waals surface area contributed by atoms with E-state index in [2.05, 4.69) is 62.5 Å². The molecule has 38 nitrogen and oxygen atoms in total. The number of nitrogens with two attached hydrogens (primary N) is 11. The second-order valence-electron chi connectivity index (χ2n) is 21.7. The minimum absolute atomic E-state index is 0.0107. The molecule has 0 radical (unpaired) electrons. The molecule has 0 aromatic heterocycles. The lowest BCUT2D eigenvalue weighted by atomic mass is 10.0. The summed E-state index contributed by atoms with van der Waals surface area (Å²) in [7, 11) is 0. The largest absolute Gasteiger partial charge is 0.481 e. The fraction of sp³-hybridized carbons (Fsp3) is 0.717. The Labute approximate surface area is 527 Å². The number of unbranched alkanes of at least 4 members (excludes halogenated alkanes) is 2. The number of aliphatic hydroxyl groups is 1. The van der Waals surface area contributed by atoms with E-state index in [1.54, 1.807) is 0 Å². The smallest absolute Gasteiger partial charge is 0.326 e. The first-order valence-electron chi connectivity index (χ1n) is 30.2. The lowest BCUT2D eigenvalue weighted by Crippen LogP contribution is -2.60. The van der Waals surface area contributed by atoms with Crippen molar-refractivity contribution in [1.29, 1.82) is 0 Å². The van der Waals surface area contributed by atoms with E-state index in [0.717, 1.165) is 0 Å². The summed E-state index contributed by atoms with van der Waals surface area (Å²) in [6, 6.07) is -14.2. The van der Waals surface area contributed by atoms with E-state index in [1.165, 1.54) is 18.7 Å². The highest BCUT2D eigenvalue weighted by molar-refractivity contribution is 5.99. The van der Waals surface area contributed by atoms with E-state index < -0.39 is 144 Å². The molecule has 0 saturated carbocycles. The predicted molar refractivity (Wildman–Crippen MR) is 335 cm³/mol. The molecule has 0 unspecified atom stereocenters. The molecule has 0 bridgehead atoms. The average molecular weight is 1300 g/mol. The number of aliphatic imine (C=N–C) groups is 4. The molecule has 0 aromatic carbocycles. The molecule has 1 heterocycles. The minimum Gasteiger partial charge on any atom is -0.481 e. The topological polar surface area (TPSA) is 684 Å². The van der Waals surface area contributed by atoms with Gasteiger partial charge in [0.2, 0.25) is 53.2 Å². The molecule has 38 heteroatoms. The second-order valence-corrected chi connectivity index (χ2v) is 21.7. The summed E-state index contributed by atoms with van der Waals surface area (Å²) in [6.07, 6.45) is -0.878. The van der Waals surface area contributed by atoms with Crippen molar-refractivity contribution in [2.24, 2.45) is 83.0 Å². The highest BCUT2D eigenvalue weighted by Gasteiger charge is 2.39. The van der Waals surface area contributed by atoms with Crippen LogP contribution >= 0.6 is 0 Å². The molecule has 0 aromatic rings. The van der Waals surface area contributed by atoms with Gasteiger partial charge in [-0.05, 0) is 136 Å². The van der Waals surface area contributed by atoms with Gasteiger partial charge in [-0.1, -0.05) is 0 Å². The van der Waals surface area contributed by atoms with Crippen LogP contribution in [0.3, 0.4) is 0 Å². The Kier molecular flexibility index (Phi) is 38.5. The molecule has 0 aliphatic carbocycles. The molecule has 91 heavy (non-hydrogen) atoms. The summed E-state index contributed by atoms with van der Waals surface area (Å²) < 4.78 is 0. The number of nitrogens with zero attached hydrogens (tertiary/aromatic N) is 5. The van der Waals surface area contributed by atoms with Crippen molar-refractivity contribution in [2.75, 3.05) is 45.8 Å². The van der Waals surface area contributed by atoms with Crippen LogP contribution in [0.5, 0.6) is 0 Å². The fourth-order valence-electron chi connectivity index (χ4n) is 9.14. The number of carbonyl (C=O) groups is 11. The predicted octanol–water partition coefficient (Wildman–Crippen LogP) is -8.99. The van der Waals surface area contributed by atoms with Gasteiger partial charge in [0, 0.05) is 39.1 Å². The molecule has 1 rings (SSSR count). The number of hydrogen-bond donors (Lipinski definition) is 22. The third-order valence-corrected chi connectivity index (χ3v) is 14.1. The van der Waals surface area contributed by atoms with E-state index in [-0.39, 0.29) is 147 Å². The number of hydrogen-bond acceptors (Lipinski definition) is 19. The van der Waals surface area contributed by atoms with E-state index >= 15 is 0 Å². The highest BCUT2D eigenvalue weighted by atomic mass is 16.4. The van der Waals surface area contributed by atoms with Crippen LogP contribution in [0.15, 0.2) is 20.0 Å². The quantitative estimate of drug-likeness (QED) is 0.0153. The van der Waals surface area contributed by atoms with Gasteiger partial charge in [-0.25, -0.2) is 4.79 Å². The first-order chi connectivity index (χ1) is 42.9. The Bertz CT molecular complexity index is 2510. The van der Waals surface area contributed by atoms with Gasteiger partial charge in [-0.3, -0.25) is 67.9 Å². The number of aliphatic hydroxyl groups excluding tert-OH is 1. The molecule has 33 N–H and O–H groups in total. The maximum absolute atomic E-state index is 14.6. The molecule has 516 valence electrons. The maximum atomic E-state index is 14.6. The SMILES string of the molecule is C[C@H](NC(=O)[C@@H]1CCCN1C(=O)[C@@H](N)[C@@H](C)O)C(=O)N[C@@H](CCC(=O)O)C(=O)N[C@@H](CCCN=C(N)N)C(=O)N[C@@H](CCCN=C(N)N)C(=O)N[C@@H](CCCN=C(N)N)C(=O)N[C@@H](CCCCN)C(=O)N[C@@H](CCCCN)C(=O)N[C@@H](CCCN=C(N)N)C(=O)O. The van der Waals surface area contributed by atoms with Crippen molar-refractivity contribution in [3.63, 3.8) is 0 Å². The Morgan fingerprint density at radius 2 is 0.758 bits per heavy atom. The fourth-order valence-corrected chi connectivity index (χ4v) is 9.14. The molecule has 1 fully saturated rings. The Balaban J connectivity index is 3.74.